The highest BCUT2D eigenvalue weighted by Crippen LogP contribution is 2.13. The average Bonchev–Trinajstić information content (AvgIpc) is 2.42. The average molecular weight is 255 g/mol. The Morgan fingerprint density at radius 3 is 2.53 bits per heavy atom. The lowest BCUT2D eigenvalue weighted by molar-refractivity contribution is 0.262. The lowest BCUT2D eigenvalue weighted by atomic mass is 10.1. The first kappa shape index (κ1) is 13.1. The Labute approximate surface area is 112 Å². The molecule has 0 spiro atoms. The molecule has 1 aromatic heterocycles. The highest BCUT2D eigenvalue weighted by Gasteiger charge is 2.04. The maximum absolute atomic E-state index is 11.8. The third-order valence-electron chi connectivity index (χ3n) is 2.91. The summed E-state index contributed by atoms with van der Waals surface area (Å²) in [7, 11) is 0. The summed E-state index contributed by atoms with van der Waals surface area (Å²) < 4.78 is 0. The van der Waals surface area contributed by atoms with Gasteiger partial charge in [-0.15, -0.1) is 0 Å². The van der Waals surface area contributed by atoms with E-state index < -0.39 is 0 Å². The summed E-state index contributed by atoms with van der Waals surface area (Å²) in [6, 6.07) is 9.39. The van der Waals surface area contributed by atoms with Crippen LogP contribution in [-0.4, -0.2) is 11.0 Å². The number of urea groups is 1. The Morgan fingerprint density at radius 1 is 1.16 bits per heavy atom. The molecule has 0 aliphatic carbocycles. The third kappa shape index (κ3) is 3.55. The second-order valence-corrected chi connectivity index (χ2v) is 4.32. The summed E-state index contributed by atoms with van der Waals surface area (Å²) >= 11 is 0. The van der Waals surface area contributed by atoms with Gasteiger partial charge in [0, 0.05) is 11.9 Å². The molecule has 0 aliphatic heterocycles. The molecule has 0 radical (unpaired) electrons. The van der Waals surface area contributed by atoms with Crippen molar-refractivity contribution >= 4 is 17.4 Å². The fourth-order valence-corrected chi connectivity index (χ4v) is 1.70. The standard InChI is InChI=1S/C15H17N3O/c1-3-12-4-6-13(7-5-12)17-15(19)18-14-10-16-9-8-11(14)2/h4-10H,3H2,1-2H3,(H2,17,18,19). The number of anilines is 2. The summed E-state index contributed by atoms with van der Waals surface area (Å²) in [5.74, 6) is 0. The van der Waals surface area contributed by atoms with Gasteiger partial charge in [0.15, 0.2) is 0 Å². The molecular formula is C15H17N3O. The molecule has 0 saturated carbocycles. The lowest BCUT2D eigenvalue weighted by Gasteiger charge is -2.09. The summed E-state index contributed by atoms with van der Waals surface area (Å²) in [4.78, 5) is 15.8. The summed E-state index contributed by atoms with van der Waals surface area (Å²) in [6.45, 7) is 4.02. The topological polar surface area (TPSA) is 54.0 Å². The second kappa shape index (κ2) is 6.00. The molecule has 0 fully saturated rings. The van der Waals surface area contributed by atoms with Crippen molar-refractivity contribution in [1.29, 1.82) is 0 Å². The molecule has 0 atom stereocenters. The molecule has 0 aliphatic rings. The third-order valence-corrected chi connectivity index (χ3v) is 2.91. The first-order valence-electron chi connectivity index (χ1n) is 6.26. The molecule has 19 heavy (non-hydrogen) atoms. The quantitative estimate of drug-likeness (QED) is 0.880. The zero-order valence-electron chi connectivity index (χ0n) is 11.1. The number of aromatic nitrogens is 1. The van der Waals surface area contributed by atoms with Gasteiger partial charge in [0.25, 0.3) is 0 Å². The van der Waals surface area contributed by atoms with Crippen LogP contribution in [0.25, 0.3) is 0 Å². The van der Waals surface area contributed by atoms with Crippen LogP contribution < -0.4 is 10.6 Å². The van der Waals surface area contributed by atoms with Gasteiger partial charge in [-0.2, -0.15) is 0 Å². The number of nitrogens with zero attached hydrogens (tertiary/aromatic N) is 1. The molecule has 1 aromatic carbocycles. The van der Waals surface area contributed by atoms with E-state index in [9.17, 15) is 4.79 Å². The van der Waals surface area contributed by atoms with Crippen LogP contribution >= 0.6 is 0 Å². The lowest BCUT2D eigenvalue weighted by Crippen LogP contribution is -2.20. The van der Waals surface area contributed by atoms with E-state index in [1.54, 1.807) is 12.4 Å². The predicted molar refractivity (Wildman–Crippen MR) is 77.4 cm³/mol. The number of hydrogen-bond acceptors (Lipinski definition) is 2. The maximum Gasteiger partial charge on any atom is 0.323 e. The zero-order chi connectivity index (χ0) is 13.7. The molecule has 2 rings (SSSR count). The van der Waals surface area contributed by atoms with Crippen molar-refractivity contribution in [2.75, 3.05) is 10.6 Å². The van der Waals surface area contributed by atoms with Crippen molar-refractivity contribution in [1.82, 2.24) is 4.98 Å². The first-order chi connectivity index (χ1) is 9.19. The molecule has 2 amide bonds. The minimum absolute atomic E-state index is 0.264. The van der Waals surface area contributed by atoms with E-state index in [1.165, 1.54) is 5.56 Å². The SMILES string of the molecule is CCc1ccc(NC(=O)Nc2cnccc2C)cc1. The Hall–Kier alpha value is -2.36. The number of nitrogens with one attached hydrogen (secondary N) is 2. The number of hydrogen-bond donors (Lipinski definition) is 2. The number of rotatable bonds is 3. The molecule has 4 nitrogen and oxygen atoms in total. The molecule has 2 N–H and O–H groups in total. The van der Waals surface area contributed by atoms with Crippen molar-refractivity contribution in [2.24, 2.45) is 0 Å². The molecule has 4 heteroatoms. The minimum atomic E-state index is -0.264. The van der Waals surface area contributed by atoms with E-state index in [0.717, 1.165) is 17.7 Å². The molecule has 0 bridgehead atoms. The van der Waals surface area contributed by atoms with E-state index in [4.69, 9.17) is 0 Å². The smallest absolute Gasteiger partial charge is 0.308 e. The Morgan fingerprint density at radius 2 is 1.89 bits per heavy atom. The van der Waals surface area contributed by atoms with Crippen molar-refractivity contribution in [2.45, 2.75) is 20.3 Å². The number of aryl methyl sites for hydroxylation is 2. The van der Waals surface area contributed by atoms with Gasteiger partial charge in [0.05, 0.1) is 11.9 Å². The Bertz CT molecular complexity index is 564. The van der Waals surface area contributed by atoms with Gasteiger partial charge in [-0.1, -0.05) is 19.1 Å². The minimum Gasteiger partial charge on any atom is -0.308 e. The largest absolute Gasteiger partial charge is 0.323 e. The van der Waals surface area contributed by atoms with Crippen molar-refractivity contribution in [3.05, 3.63) is 53.9 Å². The van der Waals surface area contributed by atoms with Crippen LogP contribution in [0.5, 0.6) is 0 Å². The van der Waals surface area contributed by atoms with Gasteiger partial charge in [-0.3, -0.25) is 4.98 Å². The van der Waals surface area contributed by atoms with E-state index in [-0.39, 0.29) is 6.03 Å². The highest BCUT2D eigenvalue weighted by molar-refractivity contribution is 6.00. The highest BCUT2D eigenvalue weighted by atomic mass is 16.2. The number of pyridine rings is 1. The van der Waals surface area contributed by atoms with E-state index in [1.807, 2.05) is 37.3 Å². The zero-order valence-corrected chi connectivity index (χ0v) is 11.1. The molecular weight excluding hydrogens is 238 g/mol. The molecule has 2 aromatic rings. The maximum atomic E-state index is 11.8. The number of carbonyl (C=O) groups excluding carboxylic acids is 1. The monoisotopic (exact) mass is 255 g/mol. The van der Waals surface area contributed by atoms with Crippen LogP contribution in [-0.2, 0) is 6.42 Å². The number of benzene rings is 1. The first-order valence-corrected chi connectivity index (χ1v) is 6.26. The van der Waals surface area contributed by atoms with Gasteiger partial charge in [-0.25, -0.2) is 4.79 Å². The fraction of sp³-hybridized carbons (Fsp3) is 0.200. The van der Waals surface area contributed by atoms with Gasteiger partial charge in [0.1, 0.15) is 0 Å². The van der Waals surface area contributed by atoms with Gasteiger partial charge >= 0.3 is 6.03 Å². The molecule has 0 unspecified atom stereocenters. The van der Waals surface area contributed by atoms with E-state index in [0.29, 0.717) is 5.69 Å². The van der Waals surface area contributed by atoms with Crippen molar-refractivity contribution in [3.8, 4) is 0 Å². The van der Waals surface area contributed by atoms with E-state index in [2.05, 4.69) is 22.5 Å². The summed E-state index contributed by atoms with van der Waals surface area (Å²) in [5.41, 5.74) is 3.71. The van der Waals surface area contributed by atoms with Crippen LogP contribution in [0.2, 0.25) is 0 Å². The second-order valence-electron chi connectivity index (χ2n) is 4.32. The molecule has 0 saturated heterocycles. The summed E-state index contributed by atoms with van der Waals surface area (Å²) in [5, 5.41) is 5.57. The Balaban J connectivity index is 1.99. The fourth-order valence-electron chi connectivity index (χ4n) is 1.70. The summed E-state index contributed by atoms with van der Waals surface area (Å²) in [6.07, 6.45) is 4.32. The van der Waals surface area contributed by atoms with Gasteiger partial charge < -0.3 is 10.6 Å². The van der Waals surface area contributed by atoms with Crippen molar-refractivity contribution < 1.29 is 4.79 Å². The van der Waals surface area contributed by atoms with Crippen LogP contribution in [0.3, 0.4) is 0 Å². The molecule has 98 valence electrons. The molecule has 1 heterocycles. The number of amides is 2. The Kier molecular flexibility index (Phi) is 4.13. The van der Waals surface area contributed by atoms with Crippen LogP contribution in [0.1, 0.15) is 18.1 Å². The van der Waals surface area contributed by atoms with Crippen LogP contribution in [0.15, 0.2) is 42.7 Å². The number of carbonyl (C=O) groups is 1. The van der Waals surface area contributed by atoms with Crippen LogP contribution in [0.4, 0.5) is 16.2 Å². The normalized spacial score (nSPS) is 10.0. The predicted octanol–water partition coefficient (Wildman–Crippen LogP) is 3.60. The van der Waals surface area contributed by atoms with E-state index >= 15 is 0 Å². The van der Waals surface area contributed by atoms with Gasteiger partial charge in [-0.05, 0) is 42.7 Å². The van der Waals surface area contributed by atoms with Crippen molar-refractivity contribution in [3.63, 3.8) is 0 Å². The van der Waals surface area contributed by atoms with Crippen LogP contribution in [0, 0.1) is 6.92 Å². The van der Waals surface area contributed by atoms with Gasteiger partial charge in [0.2, 0.25) is 0 Å².